The Hall–Kier alpha value is -0.370. The van der Waals surface area contributed by atoms with Gasteiger partial charge in [-0.2, -0.15) is 0 Å². The van der Waals surface area contributed by atoms with Crippen LogP contribution in [0.4, 0.5) is 0 Å². The van der Waals surface area contributed by atoms with Gasteiger partial charge in [0.25, 0.3) is 0 Å². The van der Waals surface area contributed by atoms with Crippen LogP contribution >= 0.6 is 0 Å². The molecule has 0 radical (unpaired) electrons. The number of ether oxygens (including phenoxy) is 1. The molecule has 13 heavy (non-hydrogen) atoms. The summed E-state index contributed by atoms with van der Waals surface area (Å²) in [6.45, 7) is 1.63. The molecule has 2 nitrogen and oxygen atoms in total. The highest BCUT2D eigenvalue weighted by Gasteiger charge is 2.57. The first-order valence-electron chi connectivity index (χ1n) is 5.45. The minimum atomic E-state index is 0.0845. The molecule has 0 aromatic rings. The van der Waals surface area contributed by atoms with Gasteiger partial charge in [0, 0.05) is 24.5 Å². The maximum atomic E-state index is 12.1. The summed E-state index contributed by atoms with van der Waals surface area (Å²) in [5, 5.41) is 0. The number of hydrogen-bond donors (Lipinski definition) is 0. The van der Waals surface area contributed by atoms with E-state index in [2.05, 4.69) is 0 Å². The van der Waals surface area contributed by atoms with E-state index < -0.39 is 0 Å². The predicted octanol–water partition coefficient (Wildman–Crippen LogP) is 1.78. The number of rotatable bonds is 0. The summed E-state index contributed by atoms with van der Waals surface area (Å²) in [5.41, 5.74) is 0.0845. The van der Waals surface area contributed by atoms with E-state index in [1.807, 2.05) is 0 Å². The third kappa shape index (κ3) is 0.899. The van der Waals surface area contributed by atoms with E-state index in [0.29, 0.717) is 17.6 Å². The minimum absolute atomic E-state index is 0.0845. The van der Waals surface area contributed by atoms with Crippen LogP contribution in [-0.4, -0.2) is 19.0 Å². The van der Waals surface area contributed by atoms with Crippen LogP contribution < -0.4 is 0 Å². The zero-order chi connectivity index (χ0) is 8.89. The molecule has 2 heteroatoms. The van der Waals surface area contributed by atoms with Crippen molar-refractivity contribution in [2.75, 3.05) is 13.2 Å². The summed E-state index contributed by atoms with van der Waals surface area (Å²) in [5.74, 6) is 1.74. The van der Waals surface area contributed by atoms with Crippen molar-refractivity contribution in [2.24, 2.45) is 17.3 Å². The molecule has 2 atom stereocenters. The van der Waals surface area contributed by atoms with Crippen LogP contribution in [-0.2, 0) is 9.53 Å². The second kappa shape index (κ2) is 2.57. The second-order valence-electron chi connectivity index (χ2n) is 4.84. The molecule has 0 amide bonds. The molecule has 0 aromatic carbocycles. The molecule has 3 aliphatic rings. The van der Waals surface area contributed by atoms with Gasteiger partial charge in [0.1, 0.15) is 5.78 Å². The highest BCUT2D eigenvalue weighted by Crippen LogP contribution is 2.57. The van der Waals surface area contributed by atoms with E-state index >= 15 is 0 Å². The van der Waals surface area contributed by atoms with Crippen LogP contribution in [0.3, 0.4) is 0 Å². The van der Waals surface area contributed by atoms with Crippen LogP contribution in [0, 0.1) is 17.3 Å². The Morgan fingerprint density at radius 2 is 2.00 bits per heavy atom. The van der Waals surface area contributed by atoms with E-state index in [1.54, 1.807) is 0 Å². The zero-order valence-electron chi connectivity index (χ0n) is 7.92. The quantitative estimate of drug-likeness (QED) is 0.568. The van der Waals surface area contributed by atoms with E-state index in [0.717, 1.165) is 26.1 Å². The lowest BCUT2D eigenvalue weighted by Gasteiger charge is -2.39. The lowest BCUT2D eigenvalue weighted by molar-refractivity contribution is -0.138. The van der Waals surface area contributed by atoms with Gasteiger partial charge in [0.15, 0.2) is 0 Å². The van der Waals surface area contributed by atoms with Gasteiger partial charge in [-0.3, -0.25) is 4.79 Å². The fourth-order valence-corrected chi connectivity index (χ4v) is 3.72. The molecular weight excluding hydrogens is 164 g/mol. The van der Waals surface area contributed by atoms with Crippen molar-refractivity contribution < 1.29 is 9.53 Å². The van der Waals surface area contributed by atoms with Crippen molar-refractivity contribution in [1.29, 1.82) is 0 Å². The monoisotopic (exact) mass is 180 g/mol. The Labute approximate surface area is 78.6 Å². The second-order valence-corrected chi connectivity index (χ2v) is 4.84. The van der Waals surface area contributed by atoms with E-state index in [-0.39, 0.29) is 5.41 Å². The molecule has 0 N–H and O–H groups in total. The number of carbonyl (C=O) groups is 1. The topological polar surface area (TPSA) is 26.3 Å². The third-order valence-electron chi connectivity index (χ3n) is 4.46. The van der Waals surface area contributed by atoms with Gasteiger partial charge >= 0.3 is 0 Å². The molecule has 0 unspecified atom stereocenters. The largest absolute Gasteiger partial charge is 0.381 e. The lowest BCUT2D eigenvalue weighted by atomic mass is 9.67. The van der Waals surface area contributed by atoms with Gasteiger partial charge in [-0.25, -0.2) is 0 Å². The molecule has 2 bridgehead atoms. The van der Waals surface area contributed by atoms with Crippen LogP contribution in [0.1, 0.15) is 32.1 Å². The smallest absolute Gasteiger partial charge is 0.142 e. The van der Waals surface area contributed by atoms with Gasteiger partial charge in [-0.05, 0) is 38.0 Å². The van der Waals surface area contributed by atoms with Crippen molar-refractivity contribution >= 4 is 5.78 Å². The molecule has 3 fully saturated rings. The normalized spacial score (nSPS) is 41.7. The standard InChI is InChI=1S/C11H16O2/c12-10-8-1-2-9(7-8)11(10)3-5-13-6-4-11/h8-9H,1-7H2/t8-,9+/m1/s1. The number of hydrogen-bond acceptors (Lipinski definition) is 2. The summed E-state index contributed by atoms with van der Waals surface area (Å²) in [6, 6.07) is 0. The van der Waals surface area contributed by atoms with Crippen molar-refractivity contribution in [1.82, 2.24) is 0 Å². The maximum absolute atomic E-state index is 12.1. The molecule has 72 valence electrons. The van der Waals surface area contributed by atoms with Crippen LogP contribution in [0.15, 0.2) is 0 Å². The summed E-state index contributed by atoms with van der Waals surface area (Å²) in [6.07, 6.45) is 5.68. The molecular formula is C11H16O2. The van der Waals surface area contributed by atoms with Crippen LogP contribution in [0.25, 0.3) is 0 Å². The third-order valence-corrected chi connectivity index (χ3v) is 4.46. The Morgan fingerprint density at radius 1 is 1.23 bits per heavy atom. The van der Waals surface area contributed by atoms with Crippen molar-refractivity contribution in [2.45, 2.75) is 32.1 Å². The summed E-state index contributed by atoms with van der Waals surface area (Å²) >= 11 is 0. The highest BCUT2D eigenvalue weighted by molar-refractivity contribution is 5.90. The molecule has 1 saturated heterocycles. The first-order chi connectivity index (χ1) is 6.33. The fraction of sp³-hybridized carbons (Fsp3) is 0.909. The van der Waals surface area contributed by atoms with Crippen molar-refractivity contribution in [3.63, 3.8) is 0 Å². The van der Waals surface area contributed by atoms with Gasteiger partial charge in [0.2, 0.25) is 0 Å². The van der Waals surface area contributed by atoms with Gasteiger partial charge in [0.05, 0.1) is 0 Å². The van der Waals surface area contributed by atoms with E-state index in [1.165, 1.54) is 19.3 Å². The van der Waals surface area contributed by atoms with Crippen LogP contribution in [0.2, 0.25) is 0 Å². The number of Topliss-reactive ketones (excluding diaryl/α,β-unsaturated/α-hetero) is 1. The Bertz CT molecular complexity index is 240. The first-order valence-corrected chi connectivity index (χ1v) is 5.45. The number of carbonyl (C=O) groups excluding carboxylic acids is 1. The molecule has 0 aromatic heterocycles. The molecule has 2 saturated carbocycles. The molecule has 2 aliphatic carbocycles. The summed E-state index contributed by atoms with van der Waals surface area (Å²) < 4.78 is 5.36. The van der Waals surface area contributed by atoms with E-state index in [4.69, 9.17) is 4.74 Å². The SMILES string of the molecule is O=C1[C@@H]2CC[C@@H](C2)C12CCOCC2. The molecule has 1 spiro atoms. The minimum Gasteiger partial charge on any atom is -0.381 e. The molecule has 3 rings (SSSR count). The van der Waals surface area contributed by atoms with Gasteiger partial charge < -0.3 is 4.74 Å². The Morgan fingerprint density at radius 3 is 2.62 bits per heavy atom. The summed E-state index contributed by atoms with van der Waals surface area (Å²) in [4.78, 5) is 12.1. The fourth-order valence-electron chi connectivity index (χ4n) is 3.72. The van der Waals surface area contributed by atoms with Crippen molar-refractivity contribution in [3.05, 3.63) is 0 Å². The predicted molar refractivity (Wildman–Crippen MR) is 48.3 cm³/mol. The zero-order valence-corrected chi connectivity index (χ0v) is 7.92. The highest BCUT2D eigenvalue weighted by atomic mass is 16.5. The van der Waals surface area contributed by atoms with Gasteiger partial charge in [-0.1, -0.05) is 0 Å². The van der Waals surface area contributed by atoms with Gasteiger partial charge in [-0.15, -0.1) is 0 Å². The Kier molecular flexibility index (Phi) is 1.58. The Balaban J connectivity index is 1.92. The first kappa shape index (κ1) is 7.98. The molecule has 1 heterocycles. The number of fused-ring (bicyclic) bond motifs is 3. The number of ketones is 1. The molecule has 1 aliphatic heterocycles. The summed E-state index contributed by atoms with van der Waals surface area (Å²) in [7, 11) is 0. The van der Waals surface area contributed by atoms with Crippen LogP contribution in [0.5, 0.6) is 0 Å². The lowest BCUT2D eigenvalue weighted by Crippen LogP contribution is -2.41. The van der Waals surface area contributed by atoms with Crippen molar-refractivity contribution in [3.8, 4) is 0 Å². The average molecular weight is 180 g/mol. The van der Waals surface area contributed by atoms with E-state index in [9.17, 15) is 4.79 Å². The average Bonchev–Trinajstić information content (AvgIpc) is 2.73. The maximum Gasteiger partial charge on any atom is 0.142 e.